The fourth-order valence-corrected chi connectivity index (χ4v) is 2.51. The fourth-order valence-electron chi connectivity index (χ4n) is 2.51. The number of carbonyl (C=O) groups is 1. The average molecular weight is 315 g/mol. The number of ether oxygens (including phenoxy) is 1. The molecule has 23 heavy (non-hydrogen) atoms. The van der Waals surface area contributed by atoms with Gasteiger partial charge >= 0.3 is 0 Å². The van der Waals surface area contributed by atoms with Gasteiger partial charge in [0.1, 0.15) is 5.76 Å². The number of hydrogen-bond donors (Lipinski definition) is 2. The van der Waals surface area contributed by atoms with Gasteiger partial charge in [0.05, 0.1) is 18.9 Å². The van der Waals surface area contributed by atoms with Crippen molar-refractivity contribution in [3.05, 3.63) is 35.7 Å². The summed E-state index contributed by atoms with van der Waals surface area (Å²) in [6.07, 6.45) is 0.390. The molecule has 6 heteroatoms. The number of carbonyl (C=O) groups excluding carboxylic acids is 1. The first-order valence-corrected chi connectivity index (χ1v) is 7.77. The molecule has 0 spiro atoms. The average Bonchev–Trinajstić information content (AvgIpc) is 2.88. The highest BCUT2D eigenvalue weighted by molar-refractivity contribution is 5.91. The Labute approximate surface area is 135 Å². The van der Waals surface area contributed by atoms with E-state index in [1.165, 1.54) is 0 Å². The van der Waals surface area contributed by atoms with Crippen molar-refractivity contribution in [1.82, 2.24) is 10.3 Å². The molecule has 0 aliphatic carbocycles. The van der Waals surface area contributed by atoms with Crippen LogP contribution in [0, 0.1) is 13.8 Å². The lowest BCUT2D eigenvalue weighted by molar-refractivity contribution is -0.117. The van der Waals surface area contributed by atoms with Crippen molar-refractivity contribution >= 4 is 11.6 Å². The molecule has 1 amide bonds. The first-order chi connectivity index (χ1) is 11.1. The molecule has 1 atom stereocenters. The number of amides is 1. The SMILES string of the molecule is Cc1nc(-c2cccc(NC(=O)CC3COCCN3)c2)oc1C. The van der Waals surface area contributed by atoms with Gasteiger partial charge in [-0.2, -0.15) is 0 Å². The van der Waals surface area contributed by atoms with Gasteiger partial charge in [-0.05, 0) is 32.0 Å². The summed E-state index contributed by atoms with van der Waals surface area (Å²) >= 11 is 0. The number of aromatic nitrogens is 1. The third kappa shape index (κ3) is 3.97. The highest BCUT2D eigenvalue weighted by Crippen LogP contribution is 2.24. The minimum Gasteiger partial charge on any atom is -0.441 e. The summed E-state index contributed by atoms with van der Waals surface area (Å²) in [7, 11) is 0. The summed E-state index contributed by atoms with van der Waals surface area (Å²) in [4.78, 5) is 16.5. The molecule has 0 radical (unpaired) electrons. The molecule has 1 aliphatic rings. The van der Waals surface area contributed by atoms with E-state index in [0.29, 0.717) is 25.5 Å². The fraction of sp³-hybridized carbons (Fsp3) is 0.412. The third-order valence-corrected chi connectivity index (χ3v) is 3.85. The van der Waals surface area contributed by atoms with Gasteiger partial charge in [-0.25, -0.2) is 4.98 Å². The Morgan fingerprint density at radius 2 is 2.30 bits per heavy atom. The van der Waals surface area contributed by atoms with Gasteiger partial charge in [0.2, 0.25) is 11.8 Å². The normalized spacial score (nSPS) is 17.9. The molecule has 122 valence electrons. The number of anilines is 1. The highest BCUT2D eigenvalue weighted by Gasteiger charge is 2.17. The van der Waals surface area contributed by atoms with Crippen molar-refractivity contribution in [3.8, 4) is 11.5 Å². The number of rotatable bonds is 4. The van der Waals surface area contributed by atoms with Crippen LogP contribution < -0.4 is 10.6 Å². The Bertz CT molecular complexity index is 671. The number of nitrogens with zero attached hydrogens (tertiary/aromatic N) is 1. The Kier molecular flexibility index (Phi) is 4.73. The molecule has 6 nitrogen and oxygen atoms in total. The molecular formula is C17H21N3O3. The van der Waals surface area contributed by atoms with Gasteiger partial charge in [-0.3, -0.25) is 4.79 Å². The van der Waals surface area contributed by atoms with Crippen LogP contribution >= 0.6 is 0 Å². The van der Waals surface area contributed by atoms with Gasteiger partial charge in [0.15, 0.2) is 0 Å². The Morgan fingerprint density at radius 3 is 3.00 bits per heavy atom. The van der Waals surface area contributed by atoms with Gasteiger partial charge in [-0.1, -0.05) is 6.07 Å². The van der Waals surface area contributed by atoms with Crippen LogP contribution in [0.5, 0.6) is 0 Å². The van der Waals surface area contributed by atoms with Gasteiger partial charge in [-0.15, -0.1) is 0 Å². The lowest BCUT2D eigenvalue weighted by Crippen LogP contribution is -2.43. The molecule has 1 aromatic heterocycles. The molecule has 1 unspecified atom stereocenters. The predicted molar refractivity (Wildman–Crippen MR) is 87.3 cm³/mol. The zero-order valence-electron chi connectivity index (χ0n) is 13.4. The van der Waals surface area contributed by atoms with Crippen LogP contribution in [-0.4, -0.2) is 36.7 Å². The summed E-state index contributed by atoms with van der Waals surface area (Å²) in [5.41, 5.74) is 2.45. The van der Waals surface area contributed by atoms with E-state index in [0.717, 1.165) is 29.2 Å². The number of oxazole rings is 1. The number of nitrogens with one attached hydrogen (secondary N) is 2. The topological polar surface area (TPSA) is 76.4 Å². The van der Waals surface area contributed by atoms with E-state index in [1.54, 1.807) is 0 Å². The molecule has 0 bridgehead atoms. The molecule has 1 aliphatic heterocycles. The van der Waals surface area contributed by atoms with Crippen molar-refractivity contribution < 1.29 is 13.9 Å². The third-order valence-electron chi connectivity index (χ3n) is 3.85. The zero-order valence-corrected chi connectivity index (χ0v) is 13.4. The monoisotopic (exact) mass is 315 g/mol. The second-order valence-corrected chi connectivity index (χ2v) is 5.72. The Hall–Kier alpha value is -2.18. The van der Waals surface area contributed by atoms with E-state index in [2.05, 4.69) is 15.6 Å². The summed E-state index contributed by atoms with van der Waals surface area (Å²) in [6.45, 7) is 5.86. The van der Waals surface area contributed by atoms with Crippen molar-refractivity contribution in [2.45, 2.75) is 26.3 Å². The summed E-state index contributed by atoms with van der Waals surface area (Å²) in [5, 5.41) is 6.19. The molecule has 0 saturated carbocycles. The second-order valence-electron chi connectivity index (χ2n) is 5.72. The van der Waals surface area contributed by atoms with Crippen LogP contribution in [0.15, 0.2) is 28.7 Å². The number of morpholine rings is 1. The number of aryl methyl sites for hydroxylation is 2. The minimum absolute atomic E-state index is 0.0371. The maximum atomic E-state index is 12.1. The Morgan fingerprint density at radius 1 is 1.43 bits per heavy atom. The summed E-state index contributed by atoms with van der Waals surface area (Å²) in [6, 6.07) is 7.59. The lowest BCUT2D eigenvalue weighted by Gasteiger charge is -2.23. The summed E-state index contributed by atoms with van der Waals surface area (Å²) < 4.78 is 11.0. The molecule has 1 saturated heterocycles. The minimum atomic E-state index is -0.0371. The molecule has 2 aromatic rings. The van der Waals surface area contributed by atoms with Crippen LogP contribution in [-0.2, 0) is 9.53 Å². The van der Waals surface area contributed by atoms with E-state index in [9.17, 15) is 4.79 Å². The maximum absolute atomic E-state index is 12.1. The van der Waals surface area contributed by atoms with Gasteiger partial charge in [0.25, 0.3) is 0 Å². The van der Waals surface area contributed by atoms with Crippen molar-refractivity contribution in [2.24, 2.45) is 0 Å². The van der Waals surface area contributed by atoms with Crippen LogP contribution in [0.3, 0.4) is 0 Å². The zero-order chi connectivity index (χ0) is 16.2. The molecule has 1 aromatic carbocycles. The second kappa shape index (κ2) is 6.93. The first kappa shape index (κ1) is 15.7. The van der Waals surface area contributed by atoms with E-state index in [4.69, 9.17) is 9.15 Å². The van der Waals surface area contributed by atoms with Crippen LogP contribution in [0.4, 0.5) is 5.69 Å². The van der Waals surface area contributed by atoms with Crippen LogP contribution in [0.25, 0.3) is 11.5 Å². The van der Waals surface area contributed by atoms with E-state index < -0.39 is 0 Å². The lowest BCUT2D eigenvalue weighted by atomic mass is 10.1. The highest BCUT2D eigenvalue weighted by atomic mass is 16.5. The van der Waals surface area contributed by atoms with E-state index >= 15 is 0 Å². The molecule has 1 fully saturated rings. The van der Waals surface area contributed by atoms with Gasteiger partial charge in [0, 0.05) is 30.3 Å². The standard InChI is InChI=1S/C17H21N3O3/c1-11-12(2)23-17(19-11)13-4-3-5-14(8-13)20-16(21)9-15-10-22-7-6-18-15/h3-5,8,15,18H,6-7,9-10H2,1-2H3,(H,20,21). The molecule has 3 rings (SSSR count). The molecule has 2 N–H and O–H groups in total. The summed E-state index contributed by atoms with van der Waals surface area (Å²) in [5.74, 6) is 1.33. The number of hydrogen-bond acceptors (Lipinski definition) is 5. The number of benzene rings is 1. The van der Waals surface area contributed by atoms with E-state index in [1.807, 2.05) is 38.1 Å². The quantitative estimate of drug-likeness (QED) is 0.905. The largest absolute Gasteiger partial charge is 0.441 e. The van der Waals surface area contributed by atoms with Crippen molar-refractivity contribution in [1.29, 1.82) is 0 Å². The smallest absolute Gasteiger partial charge is 0.226 e. The van der Waals surface area contributed by atoms with Crippen molar-refractivity contribution in [3.63, 3.8) is 0 Å². The van der Waals surface area contributed by atoms with Crippen LogP contribution in [0.2, 0.25) is 0 Å². The maximum Gasteiger partial charge on any atom is 0.226 e. The molecule has 2 heterocycles. The van der Waals surface area contributed by atoms with Crippen LogP contribution in [0.1, 0.15) is 17.9 Å². The first-order valence-electron chi connectivity index (χ1n) is 7.77. The van der Waals surface area contributed by atoms with Crippen molar-refractivity contribution in [2.75, 3.05) is 25.1 Å². The van der Waals surface area contributed by atoms with Gasteiger partial charge < -0.3 is 19.8 Å². The Balaban J connectivity index is 1.66. The predicted octanol–water partition coefficient (Wildman–Crippen LogP) is 2.28. The molecular weight excluding hydrogens is 294 g/mol. The van der Waals surface area contributed by atoms with E-state index in [-0.39, 0.29) is 11.9 Å².